The van der Waals surface area contributed by atoms with E-state index in [1.165, 1.54) is 41.3 Å². The zero-order valence-corrected chi connectivity index (χ0v) is 24.0. The van der Waals surface area contributed by atoms with Crippen LogP contribution in [-0.4, -0.2) is 51.5 Å². The Morgan fingerprint density at radius 3 is 2.38 bits per heavy atom. The van der Waals surface area contributed by atoms with Crippen LogP contribution in [0.5, 0.6) is 0 Å². The molecule has 1 aromatic heterocycles. The number of para-hydroxylation sites is 1. The van der Waals surface area contributed by atoms with Crippen LogP contribution >= 0.6 is 0 Å². The summed E-state index contributed by atoms with van der Waals surface area (Å²) in [5.41, 5.74) is 0.800. The average molecular weight is 618 g/mol. The van der Waals surface area contributed by atoms with Gasteiger partial charge in [-0.15, -0.1) is 0 Å². The molecular weight excluding hydrogens is 590 g/mol. The molecule has 1 N–H and O–H groups in total. The number of fused-ring (bicyclic) bond motifs is 1. The molecule has 230 valence electrons. The first kappa shape index (κ1) is 29.8. The number of hydrogen-bond acceptors (Lipinski definition) is 4. The van der Waals surface area contributed by atoms with Crippen molar-refractivity contribution in [1.82, 2.24) is 20.0 Å². The number of rotatable bonds is 7. The van der Waals surface area contributed by atoms with E-state index in [1.54, 1.807) is 22.6 Å². The topological polar surface area (TPSA) is 87.5 Å². The van der Waals surface area contributed by atoms with Gasteiger partial charge in [0, 0.05) is 36.2 Å². The highest BCUT2D eigenvalue weighted by molar-refractivity contribution is 6.05. The standard InChI is InChI=1S/C33H27F4N5O3/c1-2-41-31-28(25(19-40-17-7-12-26(40)43)39-42(31)24-10-4-3-5-11-24)27(20-13-15-23(34)16-14-20)29(32(41)45)38-30(44)21-8-6-9-22(18-21)33(35,36)37/h3-16,18,27,29H,2,17,19H2,1H3,(H,38,44)/t27-,29-/m0/s1. The Kier molecular flexibility index (Phi) is 7.73. The van der Waals surface area contributed by atoms with Gasteiger partial charge in [-0.1, -0.05) is 42.5 Å². The third-order valence-electron chi connectivity index (χ3n) is 7.93. The molecule has 12 heteroatoms. The van der Waals surface area contributed by atoms with Crippen LogP contribution < -0.4 is 10.2 Å². The largest absolute Gasteiger partial charge is 0.416 e. The van der Waals surface area contributed by atoms with E-state index in [0.29, 0.717) is 34.9 Å². The van der Waals surface area contributed by atoms with E-state index in [9.17, 15) is 31.9 Å². The smallest absolute Gasteiger partial charge is 0.339 e. The number of anilines is 1. The van der Waals surface area contributed by atoms with Crippen molar-refractivity contribution in [1.29, 1.82) is 0 Å². The fraction of sp³-hybridized carbons (Fsp3) is 0.212. The van der Waals surface area contributed by atoms with Gasteiger partial charge in [0.25, 0.3) is 11.8 Å². The highest BCUT2D eigenvalue weighted by Gasteiger charge is 2.46. The molecule has 4 aromatic rings. The molecule has 0 bridgehead atoms. The first-order valence-corrected chi connectivity index (χ1v) is 14.2. The van der Waals surface area contributed by atoms with E-state index in [0.717, 1.165) is 18.2 Å². The maximum atomic E-state index is 14.3. The van der Waals surface area contributed by atoms with Gasteiger partial charge in [0.05, 0.1) is 23.5 Å². The van der Waals surface area contributed by atoms with Crippen LogP contribution in [0.2, 0.25) is 0 Å². The molecule has 3 amide bonds. The van der Waals surface area contributed by atoms with Crippen molar-refractivity contribution < 1.29 is 31.9 Å². The van der Waals surface area contributed by atoms with E-state index in [-0.39, 0.29) is 24.6 Å². The Balaban J connectivity index is 1.53. The molecule has 3 heterocycles. The van der Waals surface area contributed by atoms with Crippen molar-refractivity contribution in [3.05, 3.63) is 125 Å². The normalized spacial score (nSPS) is 18.0. The molecule has 0 fully saturated rings. The Morgan fingerprint density at radius 1 is 1.00 bits per heavy atom. The summed E-state index contributed by atoms with van der Waals surface area (Å²) in [7, 11) is 0. The number of hydrogen-bond donors (Lipinski definition) is 1. The van der Waals surface area contributed by atoms with E-state index in [4.69, 9.17) is 5.10 Å². The molecule has 0 radical (unpaired) electrons. The Labute approximate surface area is 255 Å². The molecule has 0 unspecified atom stereocenters. The van der Waals surface area contributed by atoms with Crippen LogP contribution in [0, 0.1) is 5.82 Å². The summed E-state index contributed by atoms with van der Waals surface area (Å²) in [5, 5.41) is 7.58. The molecule has 0 aliphatic carbocycles. The molecule has 2 atom stereocenters. The number of carbonyl (C=O) groups excluding carboxylic acids is 3. The molecular formula is C33H27F4N5O3. The summed E-state index contributed by atoms with van der Waals surface area (Å²) < 4.78 is 56.1. The van der Waals surface area contributed by atoms with Crippen molar-refractivity contribution in [3.8, 4) is 5.69 Å². The maximum Gasteiger partial charge on any atom is 0.416 e. The molecule has 6 rings (SSSR count). The van der Waals surface area contributed by atoms with Crippen molar-refractivity contribution in [2.24, 2.45) is 0 Å². The molecule has 0 saturated carbocycles. The predicted molar refractivity (Wildman–Crippen MR) is 157 cm³/mol. The number of aromatic nitrogens is 2. The summed E-state index contributed by atoms with van der Waals surface area (Å²) in [6, 6.07) is 17.2. The van der Waals surface area contributed by atoms with E-state index in [1.807, 2.05) is 30.3 Å². The molecule has 0 saturated heterocycles. The number of nitrogens with one attached hydrogen (secondary N) is 1. The summed E-state index contributed by atoms with van der Waals surface area (Å²) in [6.07, 6.45) is -1.50. The highest BCUT2D eigenvalue weighted by atomic mass is 19.4. The van der Waals surface area contributed by atoms with Gasteiger partial charge in [-0.3, -0.25) is 19.3 Å². The van der Waals surface area contributed by atoms with Gasteiger partial charge in [-0.05, 0) is 55.0 Å². The Bertz CT molecular complexity index is 1800. The SMILES string of the molecule is CCN1C(=O)[C@@H](NC(=O)c2cccc(C(F)(F)F)c2)[C@@H](c2ccc(F)cc2)c2c(CN3CC=CC3=O)nn(-c3ccccc3)c21. The first-order valence-electron chi connectivity index (χ1n) is 14.2. The number of alkyl halides is 3. The quantitative estimate of drug-likeness (QED) is 0.288. The van der Waals surface area contributed by atoms with Crippen molar-refractivity contribution in [2.45, 2.75) is 31.6 Å². The Hall–Kier alpha value is -5.26. The van der Waals surface area contributed by atoms with Gasteiger partial charge in [-0.25, -0.2) is 9.07 Å². The lowest BCUT2D eigenvalue weighted by Crippen LogP contribution is -2.55. The van der Waals surface area contributed by atoms with Crippen LogP contribution in [0.1, 0.15) is 45.6 Å². The predicted octanol–water partition coefficient (Wildman–Crippen LogP) is 5.23. The molecule has 3 aromatic carbocycles. The maximum absolute atomic E-state index is 14.3. The molecule has 2 aliphatic rings. The number of likely N-dealkylation sites (N-methyl/N-ethyl adjacent to an activating group) is 1. The van der Waals surface area contributed by atoms with Crippen LogP contribution in [0.3, 0.4) is 0 Å². The van der Waals surface area contributed by atoms with E-state index < -0.39 is 41.3 Å². The minimum absolute atomic E-state index is 0.0751. The third kappa shape index (κ3) is 5.59. The van der Waals surface area contributed by atoms with Crippen molar-refractivity contribution in [3.63, 3.8) is 0 Å². The van der Waals surface area contributed by atoms with Gasteiger partial charge < -0.3 is 10.2 Å². The van der Waals surface area contributed by atoms with Gasteiger partial charge in [0.2, 0.25) is 5.91 Å². The minimum Gasteiger partial charge on any atom is -0.339 e. The van der Waals surface area contributed by atoms with Crippen molar-refractivity contribution >= 4 is 23.5 Å². The summed E-state index contributed by atoms with van der Waals surface area (Å²) in [5.74, 6) is -2.66. The van der Waals surface area contributed by atoms with Gasteiger partial charge in [0.15, 0.2) is 0 Å². The number of amides is 3. The Morgan fingerprint density at radius 2 is 1.73 bits per heavy atom. The first-order chi connectivity index (χ1) is 21.6. The van der Waals surface area contributed by atoms with Crippen LogP contribution in [0.4, 0.5) is 23.4 Å². The third-order valence-corrected chi connectivity index (χ3v) is 7.93. The molecule has 45 heavy (non-hydrogen) atoms. The molecule has 0 spiro atoms. The fourth-order valence-corrected chi connectivity index (χ4v) is 5.83. The summed E-state index contributed by atoms with van der Waals surface area (Å²) in [4.78, 5) is 43.5. The van der Waals surface area contributed by atoms with Crippen molar-refractivity contribution in [2.75, 3.05) is 18.0 Å². The summed E-state index contributed by atoms with van der Waals surface area (Å²) in [6.45, 7) is 2.34. The second-order valence-corrected chi connectivity index (χ2v) is 10.7. The highest BCUT2D eigenvalue weighted by Crippen LogP contribution is 2.44. The van der Waals surface area contributed by atoms with Crippen LogP contribution in [0.25, 0.3) is 5.69 Å². The zero-order valence-electron chi connectivity index (χ0n) is 24.0. The monoisotopic (exact) mass is 617 g/mol. The van der Waals surface area contributed by atoms with Gasteiger partial charge >= 0.3 is 6.18 Å². The van der Waals surface area contributed by atoms with Crippen LogP contribution in [0.15, 0.2) is 91.0 Å². The van der Waals surface area contributed by atoms with Gasteiger partial charge in [0.1, 0.15) is 17.7 Å². The van der Waals surface area contributed by atoms with Crippen LogP contribution in [-0.2, 0) is 22.3 Å². The lowest BCUT2D eigenvalue weighted by Gasteiger charge is -2.38. The lowest BCUT2D eigenvalue weighted by molar-refractivity contribution is -0.137. The van der Waals surface area contributed by atoms with E-state index in [2.05, 4.69) is 5.32 Å². The number of carbonyl (C=O) groups is 3. The minimum atomic E-state index is -4.68. The molecule has 8 nitrogen and oxygen atoms in total. The van der Waals surface area contributed by atoms with E-state index >= 15 is 0 Å². The fourth-order valence-electron chi connectivity index (χ4n) is 5.83. The zero-order chi connectivity index (χ0) is 31.9. The number of nitrogens with zero attached hydrogens (tertiary/aromatic N) is 4. The second kappa shape index (κ2) is 11.7. The lowest BCUT2D eigenvalue weighted by atomic mass is 9.80. The average Bonchev–Trinajstić information content (AvgIpc) is 3.61. The summed E-state index contributed by atoms with van der Waals surface area (Å²) >= 11 is 0. The molecule has 2 aliphatic heterocycles. The second-order valence-electron chi connectivity index (χ2n) is 10.7. The number of halogens is 4. The number of benzene rings is 3. The van der Waals surface area contributed by atoms with Gasteiger partial charge in [-0.2, -0.15) is 18.3 Å².